The molecule has 1 aromatic carbocycles. The second kappa shape index (κ2) is 9.71. The molecular weight excluding hydrogens is 429 g/mol. The molecule has 0 aliphatic carbocycles. The SMILES string of the molecule is O=[S-](=O)N1CCCN(c2nc(Nc3ccc(F)cc3)cc(C(F)(F)F)n2)CC1.[AlH2+]. The molecule has 156 valence electrons. The molecule has 0 radical (unpaired) electrons. The Kier molecular flexibility index (Phi) is 7.81. The molecule has 1 aromatic heterocycles. The maximum atomic E-state index is 13.3. The zero-order valence-corrected chi connectivity index (χ0v) is 18.3. The van der Waals surface area contributed by atoms with Crippen molar-refractivity contribution in [3.05, 3.63) is 41.8 Å². The number of rotatable bonds is 4. The fourth-order valence-corrected chi connectivity index (χ4v) is 3.22. The van der Waals surface area contributed by atoms with E-state index in [0.29, 0.717) is 18.7 Å². The molecule has 2 aromatic rings. The van der Waals surface area contributed by atoms with Gasteiger partial charge in [0, 0.05) is 31.4 Å². The van der Waals surface area contributed by atoms with Gasteiger partial charge in [-0.2, -0.15) is 18.2 Å². The van der Waals surface area contributed by atoms with E-state index < -0.39 is 28.6 Å². The Morgan fingerprint density at radius 3 is 2.31 bits per heavy atom. The first-order chi connectivity index (χ1) is 13.2. The van der Waals surface area contributed by atoms with Gasteiger partial charge in [0.25, 0.3) is 0 Å². The van der Waals surface area contributed by atoms with E-state index in [4.69, 9.17) is 0 Å². The molecule has 0 unspecified atom stereocenters. The number of benzene rings is 1. The molecule has 2 heterocycles. The predicted molar refractivity (Wildman–Crippen MR) is 102 cm³/mol. The number of nitrogens with one attached hydrogen (secondary N) is 1. The summed E-state index contributed by atoms with van der Waals surface area (Å²) >= 11 is 0. The molecule has 3 rings (SSSR count). The van der Waals surface area contributed by atoms with Crippen molar-refractivity contribution in [2.24, 2.45) is 0 Å². The van der Waals surface area contributed by atoms with Gasteiger partial charge in [0.1, 0.15) is 11.6 Å². The molecule has 1 N–H and O–H groups in total. The van der Waals surface area contributed by atoms with Gasteiger partial charge in [0.15, 0.2) is 5.69 Å². The summed E-state index contributed by atoms with van der Waals surface area (Å²) in [6, 6.07) is 5.85. The molecule has 29 heavy (non-hydrogen) atoms. The van der Waals surface area contributed by atoms with Gasteiger partial charge in [-0.3, -0.25) is 0 Å². The van der Waals surface area contributed by atoms with Gasteiger partial charge in [-0.05, 0) is 48.1 Å². The molecule has 1 fully saturated rings. The van der Waals surface area contributed by atoms with Crippen molar-refractivity contribution in [1.82, 2.24) is 14.3 Å². The van der Waals surface area contributed by atoms with Crippen LogP contribution in [-0.4, -0.2) is 57.8 Å². The van der Waals surface area contributed by atoms with Crippen molar-refractivity contribution >= 4 is 45.7 Å². The van der Waals surface area contributed by atoms with E-state index in [2.05, 4.69) is 15.3 Å². The zero-order valence-electron chi connectivity index (χ0n) is 15.4. The Balaban J connectivity index is 0.00000300. The monoisotopic (exact) mass is 447 g/mol. The van der Waals surface area contributed by atoms with Crippen LogP contribution < -0.4 is 10.2 Å². The van der Waals surface area contributed by atoms with Crippen molar-refractivity contribution in [2.45, 2.75) is 12.6 Å². The average Bonchev–Trinajstić information content (AvgIpc) is 2.89. The van der Waals surface area contributed by atoms with Crippen LogP contribution >= 0.6 is 0 Å². The number of nitrogens with zero attached hydrogens (tertiary/aromatic N) is 4. The van der Waals surface area contributed by atoms with E-state index in [9.17, 15) is 26.0 Å². The molecule has 1 aliphatic heterocycles. The van der Waals surface area contributed by atoms with Gasteiger partial charge in [0.05, 0.1) is 0 Å². The first-order valence-corrected chi connectivity index (χ1v) is 9.34. The van der Waals surface area contributed by atoms with Gasteiger partial charge in [0.2, 0.25) is 5.95 Å². The summed E-state index contributed by atoms with van der Waals surface area (Å²) in [6.45, 7) is 0.860. The summed E-state index contributed by atoms with van der Waals surface area (Å²) in [6.07, 6.45) is -4.26. The molecule has 0 atom stereocenters. The van der Waals surface area contributed by atoms with Crippen molar-refractivity contribution in [3.63, 3.8) is 0 Å². The van der Waals surface area contributed by atoms with Crippen molar-refractivity contribution in [3.8, 4) is 0 Å². The molecule has 0 amide bonds. The van der Waals surface area contributed by atoms with E-state index in [1.54, 1.807) is 0 Å². The molecule has 0 spiro atoms. The van der Waals surface area contributed by atoms with Crippen LogP contribution in [0.5, 0.6) is 0 Å². The van der Waals surface area contributed by atoms with Gasteiger partial charge in [-0.25, -0.2) is 9.37 Å². The minimum absolute atomic E-state index is 0. The van der Waals surface area contributed by atoms with Gasteiger partial charge in [-0.1, -0.05) is 0 Å². The second-order valence-electron chi connectivity index (χ2n) is 6.05. The molecule has 1 aliphatic rings. The first kappa shape index (κ1) is 23.3. The third kappa shape index (κ3) is 6.27. The minimum atomic E-state index is -4.69. The number of anilines is 3. The average molecular weight is 447 g/mol. The fraction of sp³-hybridized carbons (Fsp3) is 0.375. The molecule has 7 nitrogen and oxygen atoms in total. The number of hydrogen-bond acceptors (Lipinski definition) is 7. The summed E-state index contributed by atoms with van der Waals surface area (Å²) in [5.74, 6) is -0.731. The zero-order chi connectivity index (χ0) is 20.3. The van der Waals surface area contributed by atoms with Crippen molar-refractivity contribution in [1.29, 1.82) is 0 Å². The van der Waals surface area contributed by atoms with Crippen LogP contribution in [0.2, 0.25) is 0 Å². The first-order valence-electron chi connectivity index (χ1n) is 8.30. The summed E-state index contributed by atoms with van der Waals surface area (Å²) in [5, 5.41) is 2.71. The summed E-state index contributed by atoms with van der Waals surface area (Å²) in [5.41, 5.74) is -0.765. The van der Waals surface area contributed by atoms with Crippen LogP contribution in [0.1, 0.15) is 12.1 Å². The Labute approximate surface area is 177 Å². The van der Waals surface area contributed by atoms with Crippen LogP contribution in [0.15, 0.2) is 30.3 Å². The predicted octanol–water partition coefficient (Wildman–Crippen LogP) is 2.20. The van der Waals surface area contributed by atoms with E-state index in [1.165, 1.54) is 33.5 Å². The third-order valence-corrected chi connectivity index (χ3v) is 4.86. The molecule has 13 heteroatoms. The van der Waals surface area contributed by atoms with E-state index in [1.807, 2.05) is 0 Å². The molecular formula is C16H18AlF4N5O2S. The Hall–Kier alpha value is -1.94. The number of aromatic nitrogens is 2. The van der Waals surface area contributed by atoms with E-state index >= 15 is 0 Å². The standard InChI is InChI=1S/C16H16F4N5O2S.Al.2H/c17-11-2-4-12(5-3-11)21-14-10-13(16(18,19)20)22-15(23-14)24-6-1-7-25(9-8-24)28(26)27;;;/h2-5,10H,1,6-9H2,(H,21,22,23);;;/q-1;+1;;. The number of alkyl halides is 3. The second-order valence-corrected chi connectivity index (χ2v) is 7.01. The van der Waals surface area contributed by atoms with Crippen molar-refractivity contribution < 1.29 is 26.0 Å². The molecule has 0 bridgehead atoms. The Morgan fingerprint density at radius 1 is 1.00 bits per heavy atom. The van der Waals surface area contributed by atoms with E-state index in [-0.39, 0.29) is 48.8 Å². The number of halogens is 4. The van der Waals surface area contributed by atoms with Gasteiger partial charge < -0.3 is 22.9 Å². The third-order valence-electron chi connectivity index (χ3n) is 4.07. The van der Waals surface area contributed by atoms with Crippen LogP contribution in [-0.2, 0) is 25.5 Å². The Morgan fingerprint density at radius 2 is 1.69 bits per heavy atom. The normalized spacial score (nSPS) is 15.7. The Bertz CT molecular complexity index is 903. The quantitative estimate of drug-likeness (QED) is 0.440. The van der Waals surface area contributed by atoms with E-state index in [0.717, 1.165) is 6.07 Å². The van der Waals surface area contributed by atoms with Crippen LogP contribution in [0.4, 0.5) is 35.0 Å². The fourth-order valence-electron chi connectivity index (χ4n) is 2.71. The van der Waals surface area contributed by atoms with Crippen molar-refractivity contribution in [2.75, 3.05) is 36.4 Å². The summed E-state index contributed by atoms with van der Waals surface area (Å²) < 4.78 is 76.3. The van der Waals surface area contributed by atoms with Crippen LogP contribution in [0, 0.1) is 5.82 Å². The molecule has 1 saturated heterocycles. The topological polar surface area (TPSA) is 78.4 Å². The molecule has 0 saturated carbocycles. The summed E-state index contributed by atoms with van der Waals surface area (Å²) in [7, 11) is -2.39. The maximum absolute atomic E-state index is 13.3. The summed E-state index contributed by atoms with van der Waals surface area (Å²) in [4.78, 5) is 9.26. The van der Waals surface area contributed by atoms with Gasteiger partial charge >= 0.3 is 23.5 Å². The van der Waals surface area contributed by atoms with Crippen LogP contribution in [0.25, 0.3) is 0 Å². The number of hydrogen-bond donors (Lipinski definition) is 1. The van der Waals surface area contributed by atoms with Crippen LogP contribution in [0.3, 0.4) is 0 Å². The van der Waals surface area contributed by atoms with Gasteiger partial charge in [-0.15, -0.1) is 0 Å².